The van der Waals surface area contributed by atoms with Gasteiger partial charge in [-0.05, 0) is 69.3 Å². The molecular weight excluding hydrogens is 372 g/mol. The number of carbonyl (C=O) groups is 1. The first kappa shape index (κ1) is 22.4. The van der Waals surface area contributed by atoms with E-state index in [1.807, 2.05) is 12.1 Å². The predicted molar refractivity (Wildman–Crippen MR) is 123 cm³/mol. The zero-order valence-corrected chi connectivity index (χ0v) is 18.5. The van der Waals surface area contributed by atoms with E-state index in [0.717, 1.165) is 70.6 Å². The van der Waals surface area contributed by atoms with Crippen LogP contribution in [0, 0.1) is 12.8 Å². The third-order valence-electron chi connectivity index (χ3n) is 5.84. The van der Waals surface area contributed by atoms with Crippen LogP contribution in [0.2, 0.25) is 0 Å². The highest BCUT2D eigenvalue weighted by Gasteiger charge is 2.24. The normalized spacial score (nSPS) is 15.1. The zero-order chi connectivity index (χ0) is 21.2. The molecule has 1 saturated heterocycles. The topological polar surface area (TPSA) is 41.6 Å². The van der Waals surface area contributed by atoms with Gasteiger partial charge in [-0.15, -0.1) is 0 Å². The number of ether oxygens (including phenoxy) is 1. The van der Waals surface area contributed by atoms with Crippen molar-refractivity contribution in [3.63, 3.8) is 0 Å². The molecular formula is C26H36N2O2. The van der Waals surface area contributed by atoms with Crippen molar-refractivity contribution in [2.24, 2.45) is 5.92 Å². The van der Waals surface area contributed by atoms with Gasteiger partial charge in [0.15, 0.2) is 0 Å². The molecule has 4 nitrogen and oxygen atoms in total. The van der Waals surface area contributed by atoms with Crippen molar-refractivity contribution in [2.75, 3.05) is 26.2 Å². The highest BCUT2D eigenvalue weighted by molar-refractivity contribution is 5.78. The van der Waals surface area contributed by atoms with Crippen molar-refractivity contribution in [1.82, 2.24) is 10.2 Å². The van der Waals surface area contributed by atoms with Crippen LogP contribution in [-0.4, -0.2) is 37.0 Å². The molecule has 0 spiro atoms. The molecule has 30 heavy (non-hydrogen) atoms. The lowest BCUT2D eigenvalue weighted by molar-refractivity contribution is -0.126. The monoisotopic (exact) mass is 408 g/mol. The first-order chi connectivity index (χ1) is 14.7. The van der Waals surface area contributed by atoms with E-state index in [4.69, 9.17) is 4.74 Å². The number of hydrogen-bond donors (Lipinski definition) is 1. The van der Waals surface area contributed by atoms with E-state index >= 15 is 0 Å². The highest BCUT2D eigenvalue weighted by Crippen LogP contribution is 2.21. The molecule has 0 bridgehead atoms. The largest absolute Gasteiger partial charge is 0.493 e. The van der Waals surface area contributed by atoms with Crippen LogP contribution in [0.4, 0.5) is 0 Å². The molecule has 4 heteroatoms. The van der Waals surface area contributed by atoms with Gasteiger partial charge < -0.3 is 10.1 Å². The van der Waals surface area contributed by atoms with Crippen LogP contribution in [-0.2, 0) is 17.8 Å². The van der Waals surface area contributed by atoms with Crippen molar-refractivity contribution >= 4 is 5.91 Å². The Morgan fingerprint density at radius 1 is 1.10 bits per heavy atom. The van der Waals surface area contributed by atoms with Gasteiger partial charge in [0.2, 0.25) is 5.91 Å². The summed E-state index contributed by atoms with van der Waals surface area (Å²) in [4.78, 5) is 15.0. The number of nitrogens with one attached hydrogen (secondary N) is 1. The van der Waals surface area contributed by atoms with Gasteiger partial charge in [0, 0.05) is 19.0 Å². The van der Waals surface area contributed by atoms with E-state index in [2.05, 4.69) is 60.5 Å². The number of hydrogen-bond acceptors (Lipinski definition) is 3. The second kappa shape index (κ2) is 11.8. The second-order valence-corrected chi connectivity index (χ2v) is 8.39. The molecule has 1 aliphatic rings. The smallest absolute Gasteiger partial charge is 0.223 e. The second-order valence-electron chi connectivity index (χ2n) is 8.39. The zero-order valence-electron chi connectivity index (χ0n) is 18.5. The van der Waals surface area contributed by atoms with Crippen molar-refractivity contribution in [3.8, 4) is 5.75 Å². The quantitative estimate of drug-likeness (QED) is 0.577. The summed E-state index contributed by atoms with van der Waals surface area (Å²) in [5, 5.41) is 3.16. The van der Waals surface area contributed by atoms with Gasteiger partial charge in [-0.2, -0.15) is 0 Å². The molecule has 0 aromatic heterocycles. The molecule has 162 valence electrons. The number of amides is 1. The number of rotatable bonds is 10. The summed E-state index contributed by atoms with van der Waals surface area (Å²) in [5.74, 6) is 1.35. The van der Waals surface area contributed by atoms with Crippen LogP contribution in [0.15, 0.2) is 48.5 Å². The fourth-order valence-electron chi connectivity index (χ4n) is 4.00. The third kappa shape index (κ3) is 6.88. The average molecular weight is 409 g/mol. The molecule has 0 radical (unpaired) electrons. The number of piperidine rings is 1. The molecule has 0 aliphatic carbocycles. The van der Waals surface area contributed by atoms with Gasteiger partial charge in [0.05, 0.1) is 6.61 Å². The molecule has 3 rings (SSSR count). The minimum absolute atomic E-state index is 0.152. The van der Waals surface area contributed by atoms with Crippen LogP contribution in [0.5, 0.6) is 5.75 Å². The summed E-state index contributed by atoms with van der Waals surface area (Å²) in [7, 11) is 0. The standard InChI is InChI=1S/C26H36N2O2/c1-3-19-30-25-9-5-4-7-23(25)8-6-16-27-26(29)24-14-17-28(18-15-24)20-22-12-10-21(2)11-13-22/h4-5,7,9-13,24H,3,6,8,14-20H2,1-2H3,(H,27,29). The Hall–Kier alpha value is -2.33. The minimum Gasteiger partial charge on any atom is -0.493 e. The molecule has 2 aromatic rings. The Morgan fingerprint density at radius 3 is 2.57 bits per heavy atom. The van der Waals surface area contributed by atoms with Crippen LogP contribution >= 0.6 is 0 Å². The summed E-state index contributed by atoms with van der Waals surface area (Å²) in [6.07, 6.45) is 4.77. The van der Waals surface area contributed by atoms with Crippen molar-refractivity contribution < 1.29 is 9.53 Å². The molecule has 1 fully saturated rings. The Morgan fingerprint density at radius 2 is 1.83 bits per heavy atom. The fraction of sp³-hybridized carbons (Fsp3) is 0.500. The van der Waals surface area contributed by atoms with E-state index in [1.54, 1.807) is 0 Å². The van der Waals surface area contributed by atoms with Gasteiger partial charge in [-0.3, -0.25) is 9.69 Å². The van der Waals surface area contributed by atoms with Crippen LogP contribution in [0.3, 0.4) is 0 Å². The van der Waals surface area contributed by atoms with Crippen LogP contribution in [0.25, 0.3) is 0 Å². The number of carbonyl (C=O) groups excluding carboxylic acids is 1. The van der Waals surface area contributed by atoms with E-state index < -0.39 is 0 Å². The first-order valence-corrected chi connectivity index (χ1v) is 11.4. The molecule has 0 saturated carbocycles. The Balaban J connectivity index is 1.35. The maximum Gasteiger partial charge on any atom is 0.223 e. The van der Waals surface area contributed by atoms with Crippen LogP contribution in [0.1, 0.15) is 49.3 Å². The Bertz CT molecular complexity index is 780. The fourth-order valence-corrected chi connectivity index (χ4v) is 4.00. The Labute approximate surface area is 181 Å². The summed E-state index contributed by atoms with van der Waals surface area (Å²) >= 11 is 0. The summed E-state index contributed by atoms with van der Waals surface area (Å²) in [6.45, 7) is 8.68. The van der Waals surface area contributed by atoms with Crippen molar-refractivity contribution in [2.45, 2.75) is 52.5 Å². The third-order valence-corrected chi connectivity index (χ3v) is 5.84. The molecule has 2 aromatic carbocycles. The first-order valence-electron chi connectivity index (χ1n) is 11.4. The lowest BCUT2D eigenvalue weighted by Gasteiger charge is -2.31. The Kier molecular flexibility index (Phi) is 8.76. The molecule has 1 heterocycles. The van der Waals surface area contributed by atoms with Crippen LogP contribution < -0.4 is 10.1 Å². The SMILES string of the molecule is CCCOc1ccccc1CCCNC(=O)C1CCN(Cc2ccc(C)cc2)CC1. The van der Waals surface area contributed by atoms with Crippen molar-refractivity contribution in [1.29, 1.82) is 0 Å². The minimum atomic E-state index is 0.152. The molecule has 1 N–H and O–H groups in total. The molecule has 1 aliphatic heterocycles. The van der Waals surface area contributed by atoms with Gasteiger partial charge in [0.1, 0.15) is 5.75 Å². The van der Waals surface area contributed by atoms with Gasteiger partial charge in [-0.1, -0.05) is 55.0 Å². The highest BCUT2D eigenvalue weighted by atomic mass is 16.5. The van der Waals surface area contributed by atoms with Gasteiger partial charge in [-0.25, -0.2) is 0 Å². The van der Waals surface area contributed by atoms with E-state index in [-0.39, 0.29) is 11.8 Å². The summed E-state index contributed by atoms with van der Waals surface area (Å²) in [5.41, 5.74) is 3.88. The molecule has 0 atom stereocenters. The maximum atomic E-state index is 12.6. The van der Waals surface area contributed by atoms with Crippen molar-refractivity contribution in [3.05, 3.63) is 65.2 Å². The molecule has 0 unspecified atom stereocenters. The number of para-hydroxylation sites is 1. The lowest BCUT2D eigenvalue weighted by Crippen LogP contribution is -2.40. The predicted octanol–water partition coefficient (Wildman–Crippen LogP) is 4.74. The number of aryl methyl sites for hydroxylation is 2. The summed E-state index contributed by atoms with van der Waals surface area (Å²) < 4.78 is 5.83. The molecule has 1 amide bonds. The van der Waals surface area contributed by atoms with E-state index in [0.29, 0.717) is 0 Å². The summed E-state index contributed by atoms with van der Waals surface area (Å²) in [6, 6.07) is 17.0. The van der Waals surface area contributed by atoms with E-state index in [9.17, 15) is 4.79 Å². The number of nitrogens with zero attached hydrogens (tertiary/aromatic N) is 1. The lowest BCUT2D eigenvalue weighted by atomic mass is 9.95. The number of likely N-dealkylation sites (tertiary alicyclic amines) is 1. The maximum absolute atomic E-state index is 12.6. The van der Waals surface area contributed by atoms with Gasteiger partial charge >= 0.3 is 0 Å². The van der Waals surface area contributed by atoms with E-state index in [1.165, 1.54) is 16.7 Å². The van der Waals surface area contributed by atoms with Gasteiger partial charge in [0.25, 0.3) is 0 Å². The number of benzene rings is 2. The average Bonchev–Trinajstić information content (AvgIpc) is 2.78.